The molecule has 0 aliphatic heterocycles. The second kappa shape index (κ2) is 7.59. The summed E-state index contributed by atoms with van der Waals surface area (Å²) in [6.07, 6.45) is 4.80. The second-order valence-electron chi connectivity index (χ2n) is 6.57. The minimum absolute atomic E-state index is 0.142. The van der Waals surface area contributed by atoms with E-state index in [2.05, 4.69) is 0 Å². The summed E-state index contributed by atoms with van der Waals surface area (Å²) < 4.78 is 11.1. The molecule has 144 valence electrons. The lowest BCUT2D eigenvalue weighted by atomic mass is 10.1. The maximum Gasteiger partial charge on any atom is 0.336 e. The van der Waals surface area contributed by atoms with Crippen LogP contribution in [0.1, 0.15) is 23.3 Å². The zero-order chi connectivity index (χ0) is 20.4. The van der Waals surface area contributed by atoms with Crippen LogP contribution in [0.25, 0.3) is 22.6 Å². The lowest BCUT2D eigenvalue weighted by molar-refractivity contribution is -0.133. The molecule has 0 radical (unpaired) electrons. The first-order chi connectivity index (χ1) is 14.0. The molecular weight excluding hydrogens is 372 g/mol. The molecule has 3 aromatic rings. The first-order valence-electron chi connectivity index (χ1n) is 9.00. The summed E-state index contributed by atoms with van der Waals surface area (Å²) in [6, 6.07) is 14.3. The van der Waals surface area contributed by atoms with Gasteiger partial charge in [0.05, 0.1) is 5.39 Å². The highest BCUT2D eigenvalue weighted by atomic mass is 16.5. The Bertz CT molecular complexity index is 1230. The molecule has 0 bridgehead atoms. The Kier molecular flexibility index (Phi) is 4.83. The van der Waals surface area contributed by atoms with Crippen molar-refractivity contribution in [1.29, 1.82) is 0 Å². The quantitative estimate of drug-likeness (QED) is 0.415. The van der Waals surface area contributed by atoms with E-state index < -0.39 is 11.9 Å². The Morgan fingerprint density at radius 1 is 1.03 bits per heavy atom. The molecule has 0 atom stereocenters. The summed E-state index contributed by atoms with van der Waals surface area (Å²) in [5.41, 5.74) is 2.86. The molecule has 1 N–H and O–H groups in total. The van der Waals surface area contributed by atoms with Crippen LogP contribution in [-0.2, 0) is 16.0 Å². The van der Waals surface area contributed by atoms with Crippen molar-refractivity contribution < 1.29 is 23.8 Å². The summed E-state index contributed by atoms with van der Waals surface area (Å²) in [5, 5.41) is 8.87. The number of allylic oxidation sites excluding steroid dienone is 1. The third kappa shape index (κ3) is 3.87. The molecular formula is C23H16O6. The number of carbonyl (C=O) groups excluding carboxylic acids is 1. The highest BCUT2D eigenvalue weighted by molar-refractivity contribution is 5.92. The highest BCUT2D eigenvalue weighted by Crippen LogP contribution is 2.34. The molecule has 1 aromatic heterocycles. The Hall–Kier alpha value is -3.93. The number of carboxylic acids is 1. The van der Waals surface area contributed by atoms with E-state index >= 15 is 0 Å². The van der Waals surface area contributed by atoms with Crippen molar-refractivity contribution in [1.82, 2.24) is 0 Å². The van der Waals surface area contributed by atoms with Crippen LogP contribution in [-0.4, -0.2) is 17.0 Å². The Morgan fingerprint density at radius 2 is 1.83 bits per heavy atom. The van der Waals surface area contributed by atoms with Crippen LogP contribution in [0.3, 0.4) is 0 Å². The fourth-order valence-corrected chi connectivity index (χ4v) is 3.31. The number of rotatable bonds is 4. The second-order valence-corrected chi connectivity index (χ2v) is 6.57. The third-order valence-electron chi connectivity index (χ3n) is 4.61. The summed E-state index contributed by atoms with van der Waals surface area (Å²) in [4.78, 5) is 35.1. The van der Waals surface area contributed by atoms with Crippen LogP contribution in [0.2, 0.25) is 0 Å². The molecule has 6 heteroatoms. The van der Waals surface area contributed by atoms with E-state index in [0.717, 1.165) is 17.2 Å². The van der Waals surface area contributed by atoms with Gasteiger partial charge < -0.3 is 14.3 Å². The number of esters is 1. The number of aliphatic carboxylic acids is 1. The van der Waals surface area contributed by atoms with Crippen LogP contribution in [0, 0.1) is 0 Å². The van der Waals surface area contributed by atoms with Gasteiger partial charge >= 0.3 is 11.9 Å². The largest absolute Gasteiger partial charge is 0.478 e. The highest BCUT2D eigenvalue weighted by Gasteiger charge is 2.24. The average Bonchev–Trinajstić information content (AvgIpc) is 3.11. The molecule has 6 nitrogen and oxygen atoms in total. The van der Waals surface area contributed by atoms with Gasteiger partial charge in [0.2, 0.25) is 0 Å². The predicted octanol–water partition coefficient (Wildman–Crippen LogP) is 3.83. The van der Waals surface area contributed by atoms with Gasteiger partial charge in [-0.15, -0.1) is 0 Å². The van der Waals surface area contributed by atoms with Crippen molar-refractivity contribution in [3.63, 3.8) is 0 Å². The SMILES string of the molecule is O=C(O)C=CC(=O)Oc1ccc2oc3c(c(=O)c2c1)CCC3=Cc1ccccc1. The molecule has 0 saturated carbocycles. The zero-order valence-corrected chi connectivity index (χ0v) is 15.3. The summed E-state index contributed by atoms with van der Waals surface area (Å²) in [6.45, 7) is 0. The van der Waals surface area contributed by atoms with Crippen molar-refractivity contribution in [2.75, 3.05) is 0 Å². The van der Waals surface area contributed by atoms with Crippen molar-refractivity contribution in [2.24, 2.45) is 0 Å². The average molecular weight is 388 g/mol. The molecule has 1 aliphatic rings. The van der Waals surface area contributed by atoms with E-state index in [1.54, 1.807) is 6.07 Å². The summed E-state index contributed by atoms with van der Waals surface area (Å²) in [5.74, 6) is -1.36. The van der Waals surface area contributed by atoms with Gasteiger partial charge in [-0.3, -0.25) is 4.79 Å². The van der Waals surface area contributed by atoms with Gasteiger partial charge in [0.15, 0.2) is 5.43 Å². The van der Waals surface area contributed by atoms with Crippen molar-refractivity contribution in [2.45, 2.75) is 12.8 Å². The van der Waals surface area contributed by atoms with Gasteiger partial charge in [0.1, 0.15) is 17.1 Å². The number of fused-ring (bicyclic) bond motifs is 2. The third-order valence-corrected chi connectivity index (χ3v) is 4.61. The van der Waals surface area contributed by atoms with Gasteiger partial charge in [0, 0.05) is 17.7 Å². The molecule has 0 fully saturated rings. The van der Waals surface area contributed by atoms with Crippen LogP contribution < -0.4 is 10.2 Å². The minimum Gasteiger partial charge on any atom is -0.478 e. The first-order valence-corrected chi connectivity index (χ1v) is 9.00. The predicted molar refractivity (Wildman–Crippen MR) is 108 cm³/mol. The number of hydrogen-bond acceptors (Lipinski definition) is 5. The lowest BCUT2D eigenvalue weighted by Crippen LogP contribution is -2.09. The molecule has 0 spiro atoms. The Morgan fingerprint density at radius 3 is 2.59 bits per heavy atom. The fraction of sp³-hybridized carbons (Fsp3) is 0.0870. The molecule has 0 amide bonds. The van der Waals surface area contributed by atoms with Crippen LogP contribution in [0.5, 0.6) is 5.75 Å². The maximum atomic E-state index is 13.0. The molecule has 1 aliphatic carbocycles. The molecule has 2 aromatic carbocycles. The Balaban J connectivity index is 1.70. The van der Waals surface area contributed by atoms with Gasteiger partial charge in [-0.2, -0.15) is 0 Å². The topological polar surface area (TPSA) is 93.8 Å². The van der Waals surface area contributed by atoms with Crippen LogP contribution >= 0.6 is 0 Å². The van der Waals surface area contributed by atoms with Gasteiger partial charge in [-0.1, -0.05) is 30.3 Å². The van der Waals surface area contributed by atoms with Crippen LogP contribution in [0.15, 0.2) is 69.9 Å². The normalized spacial score (nSPS) is 14.4. The van der Waals surface area contributed by atoms with E-state index in [0.29, 0.717) is 41.2 Å². The standard InChI is InChI=1S/C23H16O6/c24-20(25)10-11-21(26)28-16-7-9-19-18(13-16)22(27)17-8-6-15(23(17)29-19)12-14-4-2-1-3-5-14/h1-5,7,9-13H,6,8H2,(H,24,25). The van der Waals surface area contributed by atoms with E-state index in [4.69, 9.17) is 14.3 Å². The van der Waals surface area contributed by atoms with E-state index in [1.165, 1.54) is 12.1 Å². The number of benzene rings is 2. The Labute approximate surface area is 165 Å². The fourth-order valence-electron chi connectivity index (χ4n) is 3.31. The zero-order valence-electron chi connectivity index (χ0n) is 15.3. The van der Waals surface area contributed by atoms with Gasteiger partial charge in [-0.05, 0) is 48.3 Å². The molecule has 1 heterocycles. The monoisotopic (exact) mass is 388 g/mol. The van der Waals surface area contributed by atoms with E-state index in [-0.39, 0.29) is 11.2 Å². The number of hydrogen-bond donors (Lipinski definition) is 1. The lowest BCUT2D eigenvalue weighted by Gasteiger charge is -2.06. The molecule has 4 rings (SSSR count). The van der Waals surface area contributed by atoms with Crippen molar-refractivity contribution in [3.8, 4) is 5.75 Å². The summed E-state index contributed by atoms with van der Waals surface area (Å²) in [7, 11) is 0. The van der Waals surface area contributed by atoms with Crippen LogP contribution in [0.4, 0.5) is 0 Å². The minimum atomic E-state index is -1.25. The van der Waals surface area contributed by atoms with E-state index in [1.807, 2.05) is 36.4 Å². The number of ether oxygens (including phenoxy) is 1. The van der Waals surface area contributed by atoms with E-state index in [9.17, 15) is 14.4 Å². The first kappa shape index (κ1) is 18.4. The molecule has 29 heavy (non-hydrogen) atoms. The van der Waals surface area contributed by atoms with Gasteiger partial charge in [-0.25, -0.2) is 9.59 Å². The maximum absolute atomic E-state index is 13.0. The van der Waals surface area contributed by atoms with Crippen molar-refractivity contribution in [3.05, 3.63) is 87.8 Å². The molecule has 0 saturated heterocycles. The van der Waals surface area contributed by atoms with Crippen molar-refractivity contribution >= 4 is 34.6 Å². The molecule has 0 unspecified atom stereocenters. The number of carbonyl (C=O) groups is 2. The smallest absolute Gasteiger partial charge is 0.336 e. The number of carboxylic acid groups (broad SMARTS) is 1. The van der Waals surface area contributed by atoms with Gasteiger partial charge in [0.25, 0.3) is 0 Å². The summed E-state index contributed by atoms with van der Waals surface area (Å²) >= 11 is 0.